The average molecular weight is 711 g/mol. The van der Waals surface area contributed by atoms with E-state index in [4.69, 9.17) is 19.3 Å². The lowest BCUT2D eigenvalue weighted by Gasteiger charge is -2.18. The van der Waals surface area contributed by atoms with Crippen LogP contribution >= 0.6 is 7.82 Å². The zero-order chi connectivity index (χ0) is 36.3. The molecule has 0 rings (SSSR count). The highest BCUT2D eigenvalue weighted by Crippen LogP contribution is 2.35. The number of hydrogen-bond acceptors (Lipinski definition) is 7. The van der Waals surface area contributed by atoms with E-state index in [2.05, 4.69) is 42.7 Å². The lowest BCUT2D eigenvalue weighted by atomic mass is 10.1. The van der Waals surface area contributed by atoms with Gasteiger partial charge in [-0.1, -0.05) is 132 Å². The maximum absolute atomic E-state index is 12.3. The zero-order valence-electron chi connectivity index (χ0n) is 30.4. The van der Waals surface area contributed by atoms with E-state index < -0.39 is 32.5 Å². The number of esters is 2. The number of aliphatic hydroxyl groups is 1. The van der Waals surface area contributed by atoms with Crippen LogP contribution in [0.4, 0.5) is 0 Å². The van der Waals surface area contributed by atoms with Crippen molar-refractivity contribution in [2.75, 3.05) is 13.2 Å². The van der Waals surface area contributed by atoms with Gasteiger partial charge in [0.1, 0.15) is 6.61 Å². The third-order valence-electron chi connectivity index (χ3n) is 7.61. The molecule has 0 bridgehead atoms. The van der Waals surface area contributed by atoms with Crippen LogP contribution in [0.5, 0.6) is 0 Å². The van der Waals surface area contributed by atoms with Crippen LogP contribution in [0.2, 0.25) is 0 Å². The fraction of sp³-hybridized carbons (Fsp3) is 0.692. The fourth-order valence-corrected chi connectivity index (χ4v) is 5.12. The Kier molecular flexibility index (Phi) is 32.6. The fourth-order valence-electron chi connectivity index (χ4n) is 4.76. The highest BCUT2D eigenvalue weighted by Gasteiger charge is 2.22. The molecule has 9 nitrogen and oxygen atoms in total. The van der Waals surface area contributed by atoms with Gasteiger partial charge in [0, 0.05) is 12.8 Å². The molecule has 0 radical (unpaired) electrons. The third-order valence-corrected chi connectivity index (χ3v) is 8.10. The number of phosphoric acid groups is 1. The second-order valence-corrected chi connectivity index (χ2v) is 13.6. The van der Waals surface area contributed by atoms with E-state index >= 15 is 0 Å². The lowest BCUT2D eigenvalue weighted by Crippen LogP contribution is -2.29. The van der Waals surface area contributed by atoms with Gasteiger partial charge < -0.3 is 24.4 Å². The highest BCUT2D eigenvalue weighted by atomic mass is 31.2. The molecular weight excluding hydrogens is 643 g/mol. The predicted molar refractivity (Wildman–Crippen MR) is 199 cm³/mol. The second kappa shape index (κ2) is 34.2. The van der Waals surface area contributed by atoms with Gasteiger partial charge in [-0.25, -0.2) is 4.57 Å². The van der Waals surface area contributed by atoms with Crippen molar-refractivity contribution >= 4 is 19.8 Å². The Morgan fingerprint density at radius 3 is 1.88 bits per heavy atom. The van der Waals surface area contributed by atoms with Crippen molar-refractivity contribution < 1.29 is 43.0 Å². The van der Waals surface area contributed by atoms with Gasteiger partial charge in [0.25, 0.3) is 0 Å². The van der Waals surface area contributed by atoms with Crippen LogP contribution in [0.1, 0.15) is 149 Å². The van der Waals surface area contributed by atoms with E-state index in [1.165, 1.54) is 25.7 Å². The monoisotopic (exact) mass is 710 g/mol. The minimum atomic E-state index is -4.78. The molecule has 2 atom stereocenters. The van der Waals surface area contributed by atoms with Crippen molar-refractivity contribution in [1.29, 1.82) is 0 Å². The summed E-state index contributed by atoms with van der Waals surface area (Å²) in [4.78, 5) is 42.6. The summed E-state index contributed by atoms with van der Waals surface area (Å²) < 4.78 is 26.2. The summed E-state index contributed by atoms with van der Waals surface area (Å²) in [5, 5.41) is 9.86. The maximum atomic E-state index is 12.3. The van der Waals surface area contributed by atoms with Crippen LogP contribution in [0.3, 0.4) is 0 Å². The molecule has 0 amide bonds. The van der Waals surface area contributed by atoms with Crippen molar-refractivity contribution in [3.8, 4) is 0 Å². The van der Waals surface area contributed by atoms with E-state index in [0.29, 0.717) is 19.3 Å². The van der Waals surface area contributed by atoms with Crippen LogP contribution < -0.4 is 0 Å². The quantitative estimate of drug-likeness (QED) is 0.0200. The van der Waals surface area contributed by atoms with Gasteiger partial charge >= 0.3 is 19.8 Å². The Morgan fingerprint density at radius 1 is 0.633 bits per heavy atom. The second-order valence-electron chi connectivity index (χ2n) is 12.4. The summed E-state index contributed by atoms with van der Waals surface area (Å²) in [6, 6.07) is 0. The molecule has 49 heavy (non-hydrogen) atoms. The number of allylic oxidation sites excluding steroid dienone is 9. The average Bonchev–Trinajstić information content (AvgIpc) is 3.06. The van der Waals surface area contributed by atoms with Crippen molar-refractivity contribution in [2.24, 2.45) is 0 Å². The highest BCUT2D eigenvalue weighted by molar-refractivity contribution is 7.46. The Labute approximate surface area is 297 Å². The topological polar surface area (TPSA) is 140 Å². The molecule has 0 saturated carbocycles. The van der Waals surface area contributed by atoms with Crippen LogP contribution in [0.25, 0.3) is 0 Å². The van der Waals surface area contributed by atoms with E-state index in [9.17, 15) is 19.3 Å². The summed E-state index contributed by atoms with van der Waals surface area (Å²) >= 11 is 0. The van der Waals surface area contributed by atoms with Gasteiger partial charge in [0.05, 0.1) is 12.7 Å². The standard InChI is InChI=1S/C39H67O9P/c1-3-5-7-8-9-10-11-12-15-18-21-24-28-32-38(41)46-34-37(35-47-49(43,44)45)48-39(42)33-29-25-22-19-16-13-14-17-20-23-27-31-36(40)30-26-6-4-2/h10-11,13-14,19-20,22-23,27,31,36-37,40H,3-9,12,15-18,21,24-26,28-30,32-35H2,1-2H3,(H2,43,44,45)/b11-10-,14-13-,22-19-,23-20-,31-27+/t36-,37+/m0/s1. The number of hydrogen-bond donors (Lipinski definition) is 3. The summed E-state index contributed by atoms with van der Waals surface area (Å²) in [6.45, 7) is 3.47. The minimum Gasteiger partial charge on any atom is -0.462 e. The van der Waals surface area contributed by atoms with Crippen molar-refractivity contribution in [1.82, 2.24) is 0 Å². The first kappa shape index (κ1) is 46.7. The van der Waals surface area contributed by atoms with Gasteiger partial charge in [-0.3, -0.25) is 14.1 Å². The van der Waals surface area contributed by atoms with Gasteiger partial charge in [-0.05, 0) is 64.2 Å². The van der Waals surface area contributed by atoms with Gasteiger partial charge in [0.15, 0.2) is 6.10 Å². The first-order valence-corrected chi connectivity index (χ1v) is 20.2. The van der Waals surface area contributed by atoms with Crippen LogP contribution in [0, 0.1) is 0 Å². The molecule has 282 valence electrons. The van der Waals surface area contributed by atoms with E-state index in [-0.39, 0.29) is 25.6 Å². The molecule has 10 heteroatoms. The summed E-state index contributed by atoms with van der Waals surface area (Å²) in [5.74, 6) is -0.993. The molecule has 0 unspecified atom stereocenters. The van der Waals surface area contributed by atoms with E-state index in [1.807, 2.05) is 36.5 Å². The Morgan fingerprint density at radius 2 is 1.18 bits per heavy atom. The number of aliphatic hydroxyl groups excluding tert-OH is 1. The molecular formula is C39H67O9P. The molecule has 0 saturated heterocycles. The third kappa shape index (κ3) is 36.8. The lowest BCUT2D eigenvalue weighted by molar-refractivity contribution is -0.161. The number of phosphoric ester groups is 1. The van der Waals surface area contributed by atoms with Gasteiger partial charge in [-0.15, -0.1) is 0 Å². The van der Waals surface area contributed by atoms with Crippen molar-refractivity contribution in [3.63, 3.8) is 0 Å². The van der Waals surface area contributed by atoms with Crippen LogP contribution in [-0.4, -0.2) is 52.3 Å². The molecule has 3 N–H and O–H groups in total. The maximum Gasteiger partial charge on any atom is 0.469 e. The molecule has 0 aromatic rings. The molecule has 0 heterocycles. The summed E-state index contributed by atoms with van der Waals surface area (Å²) in [5.41, 5.74) is 0. The summed E-state index contributed by atoms with van der Waals surface area (Å²) in [7, 11) is -4.78. The predicted octanol–water partition coefficient (Wildman–Crippen LogP) is 9.92. The molecule has 0 fully saturated rings. The summed E-state index contributed by atoms with van der Waals surface area (Å²) in [6.07, 6.45) is 38.4. The number of rotatable bonds is 33. The number of ether oxygens (including phenoxy) is 2. The minimum absolute atomic E-state index is 0.112. The first-order chi connectivity index (χ1) is 23.7. The number of carbonyl (C=O) groups is 2. The molecule has 0 aliphatic carbocycles. The van der Waals surface area contributed by atoms with Gasteiger partial charge in [0.2, 0.25) is 0 Å². The van der Waals surface area contributed by atoms with Crippen molar-refractivity contribution in [2.45, 2.75) is 161 Å². The molecule has 0 spiro atoms. The van der Waals surface area contributed by atoms with E-state index in [0.717, 1.165) is 77.0 Å². The molecule has 0 aliphatic rings. The largest absolute Gasteiger partial charge is 0.469 e. The number of unbranched alkanes of at least 4 members (excludes halogenated alkanes) is 12. The van der Waals surface area contributed by atoms with Crippen molar-refractivity contribution in [3.05, 3.63) is 60.8 Å². The normalized spacial score (nSPS) is 13.8. The Balaban J connectivity index is 4.16. The van der Waals surface area contributed by atoms with Gasteiger partial charge in [-0.2, -0.15) is 0 Å². The molecule has 0 aromatic heterocycles. The molecule has 0 aromatic carbocycles. The van der Waals surface area contributed by atoms with Crippen LogP contribution in [0.15, 0.2) is 60.8 Å². The Bertz CT molecular complexity index is 996. The Hall–Kier alpha value is -2.29. The van der Waals surface area contributed by atoms with E-state index in [1.54, 1.807) is 0 Å². The molecule has 0 aliphatic heterocycles. The number of carbonyl (C=O) groups excluding carboxylic acids is 2. The first-order valence-electron chi connectivity index (χ1n) is 18.7. The van der Waals surface area contributed by atoms with Crippen LogP contribution in [-0.2, 0) is 28.2 Å². The SMILES string of the molecule is CCCCCC/C=C\CCCCCCCC(=O)OC[C@H](COP(=O)(O)O)OC(=O)CCC/C=C\C/C=C\C/C=C\C=C\[C@@H](O)CCCCC. The zero-order valence-corrected chi connectivity index (χ0v) is 31.3. The smallest absolute Gasteiger partial charge is 0.462 e.